The standard InChI is InChI=1S/C18H18N4O2/c1-14(16-6-4-3-5-7-16)24-17-9-8-15(10-18(17)23-2)11-21-22-12-19-20-13-22/h3-14H,1-2H3/b21-11-/t14-/m1/s1. The van der Waals surface area contributed by atoms with Gasteiger partial charge >= 0.3 is 0 Å². The zero-order valence-corrected chi connectivity index (χ0v) is 13.5. The lowest BCUT2D eigenvalue weighted by Gasteiger charge is -2.17. The number of hydrogen-bond acceptors (Lipinski definition) is 5. The van der Waals surface area contributed by atoms with Gasteiger partial charge in [-0.15, -0.1) is 10.2 Å². The van der Waals surface area contributed by atoms with Crippen LogP contribution in [-0.4, -0.2) is 28.2 Å². The van der Waals surface area contributed by atoms with Crippen LogP contribution in [0, 0.1) is 0 Å². The molecular weight excluding hydrogens is 304 g/mol. The molecule has 3 aromatic rings. The number of hydrogen-bond donors (Lipinski definition) is 0. The molecule has 0 aliphatic rings. The second-order valence-electron chi connectivity index (χ2n) is 5.17. The molecule has 1 aromatic heterocycles. The van der Waals surface area contributed by atoms with E-state index in [-0.39, 0.29) is 6.10 Å². The summed E-state index contributed by atoms with van der Waals surface area (Å²) in [6.07, 6.45) is 4.67. The van der Waals surface area contributed by atoms with Gasteiger partial charge in [-0.2, -0.15) is 5.10 Å². The van der Waals surface area contributed by atoms with Gasteiger partial charge in [-0.1, -0.05) is 30.3 Å². The highest BCUT2D eigenvalue weighted by Crippen LogP contribution is 2.31. The summed E-state index contributed by atoms with van der Waals surface area (Å²) in [5.41, 5.74) is 2.00. The van der Waals surface area contributed by atoms with Gasteiger partial charge in [-0.25, -0.2) is 4.68 Å². The Kier molecular flexibility index (Phi) is 4.86. The van der Waals surface area contributed by atoms with Crippen LogP contribution in [0.25, 0.3) is 0 Å². The Morgan fingerprint density at radius 3 is 2.50 bits per heavy atom. The molecule has 24 heavy (non-hydrogen) atoms. The maximum atomic E-state index is 6.03. The van der Waals surface area contributed by atoms with Crippen LogP contribution in [0.4, 0.5) is 0 Å². The molecule has 0 spiro atoms. The van der Waals surface area contributed by atoms with Gasteiger partial charge in [0.2, 0.25) is 0 Å². The summed E-state index contributed by atoms with van der Waals surface area (Å²) < 4.78 is 13.0. The van der Waals surface area contributed by atoms with Crippen molar-refractivity contribution in [3.05, 3.63) is 72.3 Å². The van der Waals surface area contributed by atoms with Crippen LogP contribution in [0.3, 0.4) is 0 Å². The first kappa shape index (κ1) is 15.7. The maximum absolute atomic E-state index is 6.03. The average molecular weight is 322 g/mol. The van der Waals surface area contributed by atoms with E-state index in [4.69, 9.17) is 9.47 Å². The molecule has 0 aliphatic carbocycles. The lowest BCUT2D eigenvalue weighted by molar-refractivity contribution is 0.216. The van der Waals surface area contributed by atoms with Crippen molar-refractivity contribution >= 4 is 6.21 Å². The molecule has 0 radical (unpaired) electrons. The van der Waals surface area contributed by atoms with Gasteiger partial charge in [0.25, 0.3) is 0 Å². The number of rotatable bonds is 6. The predicted molar refractivity (Wildman–Crippen MR) is 91.5 cm³/mol. The summed E-state index contributed by atoms with van der Waals surface area (Å²) in [6, 6.07) is 15.7. The van der Waals surface area contributed by atoms with Crippen molar-refractivity contribution in [2.45, 2.75) is 13.0 Å². The largest absolute Gasteiger partial charge is 0.493 e. The van der Waals surface area contributed by atoms with E-state index in [1.54, 1.807) is 13.3 Å². The molecule has 1 heterocycles. The summed E-state index contributed by atoms with van der Waals surface area (Å²) in [4.78, 5) is 0. The molecule has 0 amide bonds. The molecule has 0 saturated carbocycles. The Morgan fingerprint density at radius 2 is 1.79 bits per heavy atom. The molecule has 6 heteroatoms. The Bertz CT molecular complexity index is 801. The van der Waals surface area contributed by atoms with Crippen LogP contribution < -0.4 is 9.47 Å². The van der Waals surface area contributed by atoms with Crippen molar-refractivity contribution in [2.75, 3.05) is 7.11 Å². The van der Waals surface area contributed by atoms with Crippen LogP contribution in [0.1, 0.15) is 24.2 Å². The summed E-state index contributed by atoms with van der Waals surface area (Å²) in [5.74, 6) is 1.35. The minimum Gasteiger partial charge on any atom is -0.493 e. The number of ether oxygens (including phenoxy) is 2. The molecule has 3 rings (SSSR count). The van der Waals surface area contributed by atoms with E-state index in [2.05, 4.69) is 15.3 Å². The van der Waals surface area contributed by atoms with Crippen LogP contribution in [0.2, 0.25) is 0 Å². The Morgan fingerprint density at radius 1 is 1.04 bits per heavy atom. The first-order valence-corrected chi connectivity index (χ1v) is 7.55. The van der Waals surface area contributed by atoms with E-state index < -0.39 is 0 Å². The van der Waals surface area contributed by atoms with Crippen molar-refractivity contribution < 1.29 is 9.47 Å². The van der Waals surface area contributed by atoms with E-state index in [1.807, 2.05) is 55.5 Å². The molecule has 0 unspecified atom stereocenters. The highest BCUT2D eigenvalue weighted by Gasteiger charge is 2.11. The molecule has 0 saturated heterocycles. The van der Waals surface area contributed by atoms with Crippen molar-refractivity contribution in [1.29, 1.82) is 0 Å². The smallest absolute Gasteiger partial charge is 0.162 e. The zero-order chi connectivity index (χ0) is 16.8. The third kappa shape index (κ3) is 3.78. The highest BCUT2D eigenvalue weighted by molar-refractivity contribution is 5.80. The van der Waals surface area contributed by atoms with Crippen molar-refractivity contribution in [2.24, 2.45) is 5.10 Å². The second kappa shape index (κ2) is 7.41. The van der Waals surface area contributed by atoms with Gasteiger partial charge in [0.15, 0.2) is 11.5 Å². The molecule has 0 N–H and O–H groups in total. The molecule has 0 aliphatic heterocycles. The summed E-state index contributed by atoms with van der Waals surface area (Å²) in [7, 11) is 1.62. The van der Waals surface area contributed by atoms with E-state index in [9.17, 15) is 0 Å². The predicted octanol–water partition coefficient (Wildman–Crippen LogP) is 3.31. The molecule has 2 aromatic carbocycles. The van der Waals surface area contributed by atoms with Crippen LogP contribution in [-0.2, 0) is 0 Å². The fourth-order valence-electron chi connectivity index (χ4n) is 2.23. The Hall–Kier alpha value is -3.15. The monoisotopic (exact) mass is 322 g/mol. The number of methoxy groups -OCH3 is 1. The minimum atomic E-state index is -0.0726. The number of aromatic nitrogens is 3. The van der Waals surface area contributed by atoms with Gasteiger partial charge in [0.05, 0.1) is 13.3 Å². The van der Waals surface area contributed by atoms with Gasteiger partial charge in [-0.3, -0.25) is 0 Å². The molecule has 6 nitrogen and oxygen atoms in total. The van der Waals surface area contributed by atoms with Crippen LogP contribution >= 0.6 is 0 Å². The third-order valence-electron chi connectivity index (χ3n) is 3.51. The Balaban J connectivity index is 1.77. The van der Waals surface area contributed by atoms with Crippen LogP contribution in [0.15, 0.2) is 66.3 Å². The van der Waals surface area contributed by atoms with Gasteiger partial charge in [-0.05, 0) is 36.2 Å². The average Bonchev–Trinajstić information content (AvgIpc) is 3.15. The lowest BCUT2D eigenvalue weighted by Crippen LogP contribution is -2.04. The van der Waals surface area contributed by atoms with Gasteiger partial charge in [0.1, 0.15) is 18.8 Å². The van der Waals surface area contributed by atoms with Crippen molar-refractivity contribution in [3.8, 4) is 11.5 Å². The topological polar surface area (TPSA) is 61.5 Å². The minimum absolute atomic E-state index is 0.0726. The summed E-state index contributed by atoms with van der Waals surface area (Å²) >= 11 is 0. The maximum Gasteiger partial charge on any atom is 0.162 e. The van der Waals surface area contributed by atoms with Gasteiger partial charge in [0, 0.05) is 0 Å². The second-order valence-corrected chi connectivity index (χ2v) is 5.17. The third-order valence-corrected chi connectivity index (χ3v) is 3.51. The quantitative estimate of drug-likeness (QED) is 0.653. The molecule has 0 fully saturated rings. The first-order valence-electron chi connectivity index (χ1n) is 7.55. The fraction of sp³-hybridized carbons (Fsp3) is 0.167. The normalized spacial score (nSPS) is 12.2. The summed E-state index contributed by atoms with van der Waals surface area (Å²) in [5, 5.41) is 11.6. The van der Waals surface area contributed by atoms with Crippen molar-refractivity contribution in [1.82, 2.24) is 14.9 Å². The lowest BCUT2D eigenvalue weighted by atomic mass is 10.1. The van der Waals surface area contributed by atoms with Gasteiger partial charge < -0.3 is 9.47 Å². The van der Waals surface area contributed by atoms with E-state index >= 15 is 0 Å². The number of benzene rings is 2. The highest BCUT2D eigenvalue weighted by atomic mass is 16.5. The molecular formula is C18H18N4O2. The van der Waals surface area contributed by atoms with Crippen molar-refractivity contribution in [3.63, 3.8) is 0 Å². The van der Waals surface area contributed by atoms with E-state index in [1.165, 1.54) is 17.3 Å². The number of nitrogens with zero attached hydrogens (tertiary/aromatic N) is 4. The zero-order valence-electron chi connectivity index (χ0n) is 13.5. The summed E-state index contributed by atoms with van der Waals surface area (Å²) in [6.45, 7) is 2.01. The first-order chi connectivity index (χ1) is 11.8. The SMILES string of the molecule is COc1cc(/C=N\n2cnnc2)ccc1O[C@H](C)c1ccccc1. The molecule has 1 atom stereocenters. The Labute approximate surface area is 140 Å². The van der Waals surface area contributed by atoms with Crippen LogP contribution in [0.5, 0.6) is 11.5 Å². The van der Waals surface area contributed by atoms with E-state index in [0.29, 0.717) is 11.5 Å². The fourth-order valence-corrected chi connectivity index (χ4v) is 2.23. The molecule has 0 bridgehead atoms. The molecule has 122 valence electrons. The van der Waals surface area contributed by atoms with E-state index in [0.717, 1.165) is 11.1 Å².